The first kappa shape index (κ1) is 21.9. The van der Waals surface area contributed by atoms with Crippen LogP contribution in [0, 0.1) is 6.92 Å². The zero-order valence-electron chi connectivity index (χ0n) is 16.7. The van der Waals surface area contributed by atoms with Gasteiger partial charge in [0.05, 0.1) is 11.1 Å². The van der Waals surface area contributed by atoms with Crippen molar-refractivity contribution >= 4 is 33.2 Å². The molecule has 7 heteroatoms. The predicted molar refractivity (Wildman–Crippen MR) is 120 cm³/mol. The van der Waals surface area contributed by atoms with Gasteiger partial charge >= 0.3 is 0 Å². The number of aryl methyl sites for hydroxylation is 1. The molecule has 2 N–H and O–H groups in total. The van der Waals surface area contributed by atoms with Gasteiger partial charge in [-0.25, -0.2) is 8.42 Å². The quantitative estimate of drug-likeness (QED) is 0.519. The highest BCUT2D eigenvalue weighted by molar-refractivity contribution is 7.92. The Balaban J connectivity index is 1.85. The van der Waals surface area contributed by atoms with Gasteiger partial charge in [0.1, 0.15) is 4.90 Å². The van der Waals surface area contributed by atoms with Gasteiger partial charge in [-0.3, -0.25) is 9.52 Å². The molecule has 3 rings (SSSR count). The zero-order valence-corrected chi connectivity index (χ0v) is 18.3. The van der Waals surface area contributed by atoms with Gasteiger partial charge in [-0.2, -0.15) is 0 Å². The third-order valence-electron chi connectivity index (χ3n) is 4.70. The first-order valence-electron chi connectivity index (χ1n) is 9.55. The molecule has 30 heavy (non-hydrogen) atoms. The molecule has 0 bridgehead atoms. The lowest BCUT2D eigenvalue weighted by Gasteiger charge is -2.18. The van der Waals surface area contributed by atoms with Gasteiger partial charge in [-0.15, -0.1) is 0 Å². The average molecular weight is 443 g/mol. The fourth-order valence-corrected chi connectivity index (χ4v) is 4.62. The molecular formula is C23H23ClN2O3S. The lowest BCUT2D eigenvalue weighted by molar-refractivity contribution is 0.0935. The molecule has 0 aliphatic heterocycles. The van der Waals surface area contributed by atoms with Crippen molar-refractivity contribution in [1.82, 2.24) is 5.32 Å². The second-order valence-electron chi connectivity index (χ2n) is 6.96. The molecule has 0 aromatic heterocycles. The maximum absolute atomic E-state index is 12.9. The highest BCUT2D eigenvalue weighted by Crippen LogP contribution is 2.26. The Morgan fingerprint density at radius 3 is 2.30 bits per heavy atom. The highest BCUT2D eigenvalue weighted by atomic mass is 35.5. The Bertz CT molecular complexity index is 1130. The van der Waals surface area contributed by atoms with Crippen molar-refractivity contribution in [3.05, 3.63) is 94.5 Å². The second-order valence-corrected chi connectivity index (χ2v) is 9.02. The summed E-state index contributed by atoms with van der Waals surface area (Å²) in [7, 11) is -3.96. The number of nitrogens with one attached hydrogen (secondary N) is 2. The predicted octanol–water partition coefficient (Wildman–Crippen LogP) is 5.33. The third kappa shape index (κ3) is 5.20. The molecule has 1 amide bonds. The average Bonchev–Trinajstić information content (AvgIpc) is 2.74. The molecule has 0 saturated heterocycles. The molecule has 5 nitrogen and oxygen atoms in total. The number of benzene rings is 3. The van der Waals surface area contributed by atoms with Crippen LogP contribution < -0.4 is 10.0 Å². The molecule has 1 atom stereocenters. The number of carbonyl (C=O) groups excluding carboxylic acids is 1. The standard InChI is InChI=1S/C23H23ClN2O3S/c1-3-21(17-7-5-4-6-8-17)25-23(27)18-11-14-20(24)22(15-18)30(28,29)26-19-12-9-16(2)10-13-19/h4-15,21,26H,3H2,1-2H3,(H,25,27). The van der Waals surface area contributed by atoms with Gasteiger partial charge in [0.2, 0.25) is 0 Å². The number of hydrogen-bond acceptors (Lipinski definition) is 3. The van der Waals surface area contributed by atoms with Crippen LogP contribution in [0.5, 0.6) is 0 Å². The van der Waals surface area contributed by atoms with Crippen molar-refractivity contribution in [3.63, 3.8) is 0 Å². The first-order valence-corrected chi connectivity index (χ1v) is 11.4. The summed E-state index contributed by atoms with van der Waals surface area (Å²) in [6.07, 6.45) is 0.698. The van der Waals surface area contributed by atoms with Crippen molar-refractivity contribution < 1.29 is 13.2 Å². The van der Waals surface area contributed by atoms with Crippen LogP contribution in [-0.4, -0.2) is 14.3 Å². The van der Waals surface area contributed by atoms with Gasteiger partial charge < -0.3 is 5.32 Å². The van der Waals surface area contributed by atoms with Gasteiger partial charge in [0, 0.05) is 11.3 Å². The molecule has 0 aliphatic carbocycles. The van der Waals surface area contributed by atoms with Crippen LogP contribution in [-0.2, 0) is 10.0 Å². The van der Waals surface area contributed by atoms with Crippen LogP contribution in [0.2, 0.25) is 5.02 Å². The fraction of sp³-hybridized carbons (Fsp3) is 0.174. The van der Waals surface area contributed by atoms with E-state index in [1.54, 1.807) is 24.3 Å². The number of hydrogen-bond donors (Lipinski definition) is 2. The molecule has 0 aliphatic rings. The van der Waals surface area contributed by atoms with Crippen molar-refractivity contribution in [3.8, 4) is 0 Å². The summed E-state index contributed by atoms with van der Waals surface area (Å²) in [5.41, 5.74) is 2.63. The van der Waals surface area contributed by atoms with E-state index in [1.807, 2.05) is 44.2 Å². The van der Waals surface area contributed by atoms with E-state index in [0.29, 0.717) is 12.1 Å². The molecule has 3 aromatic rings. The summed E-state index contributed by atoms with van der Waals surface area (Å²) in [4.78, 5) is 12.7. The van der Waals surface area contributed by atoms with Gasteiger partial charge in [-0.1, -0.05) is 66.6 Å². The van der Waals surface area contributed by atoms with E-state index >= 15 is 0 Å². The van der Waals surface area contributed by atoms with E-state index in [9.17, 15) is 13.2 Å². The van der Waals surface area contributed by atoms with E-state index in [4.69, 9.17) is 11.6 Å². The molecule has 0 radical (unpaired) electrons. The number of carbonyl (C=O) groups is 1. The minimum absolute atomic E-state index is 0.0428. The van der Waals surface area contributed by atoms with Crippen molar-refractivity contribution in [1.29, 1.82) is 0 Å². The van der Waals surface area contributed by atoms with Crippen LogP contribution in [0.15, 0.2) is 77.7 Å². The Labute approximate surface area is 182 Å². The van der Waals surface area contributed by atoms with Crippen LogP contribution in [0.25, 0.3) is 0 Å². The molecule has 0 spiro atoms. The van der Waals surface area contributed by atoms with Crippen LogP contribution in [0.3, 0.4) is 0 Å². The normalized spacial score (nSPS) is 12.2. The molecule has 1 unspecified atom stereocenters. The third-order valence-corrected chi connectivity index (χ3v) is 6.57. The van der Waals surface area contributed by atoms with Crippen molar-refractivity contribution in [2.45, 2.75) is 31.2 Å². The lowest BCUT2D eigenvalue weighted by atomic mass is 10.0. The molecule has 156 valence electrons. The zero-order chi connectivity index (χ0) is 21.7. The van der Waals surface area contributed by atoms with E-state index in [1.165, 1.54) is 18.2 Å². The summed E-state index contributed by atoms with van der Waals surface area (Å²) >= 11 is 6.15. The molecule has 0 heterocycles. The number of anilines is 1. The largest absolute Gasteiger partial charge is 0.345 e. The van der Waals surface area contributed by atoms with Crippen LogP contribution in [0.4, 0.5) is 5.69 Å². The van der Waals surface area contributed by atoms with Crippen LogP contribution in [0.1, 0.15) is 40.9 Å². The molecule has 0 fully saturated rings. The molecule has 3 aromatic carbocycles. The number of halogens is 1. The van der Waals surface area contributed by atoms with E-state index in [2.05, 4.69) is 10.0 Å². The molecule has 0 saturated carbocycles. The Kier molecular flexibility index (Phi) is 6.80. The maximum atomic E-state index is 12.9. The van der Waals surface area contributed by atoms with Gasteiger partial charge in [0.15, 0.2) is 0 Å². The Morgan fingerprint density at radius 1 is 1.00 bits per heavy atom. The summed E-state index contributed by atoms with van der Waals surface area (Å²) in [6.45, 7) is 3.89. The summed E-state index contributed by atoms with van der Waals surface area (Å²) in [5, 5.41) is 3.00. The summed E-state index contributed by atoms with van der Waals surface area (Å²) in [5.74, 6) is -0.367. The first-order chi connectivity index (χ1) is 14.3. The van der Waals surface area contributed by atoms with Crippen molar-refractivity contribution in [2.24, 2.45) is 0 Å². The van der Waals surface area contributed by atoms with E-state index in [-0.39, 0.29) is 27.4 Å². The molecular weight excluding hydrogens is 420 g/mol. The Hall–Kier alpha value is -2.83. The topological polar surface area (TPSA) is 75.3 Å². The Morgan fingerprint density at radius 2 is 1.67 bits per heavy atom. The smallest absolute Gasteiger partial charge is 0.263 e. The summed E-state index contributed by atoms with van der Waals surface area (Å²) < 4.78 is 28.2. The van der Waals surface area contributed by atoms with E-state index in [0.717, 1.165) is 11.1 Å². The number of amides is 1. The monoisotopic (exact) mass is 442 g/mol. The fourth-order valence-electron chi connectivity index (χ4n) is 3.03. The summed E-state index contributed by atoms with van der Waals surface area (Å²) in [6, 6.07) is 20.6. The highest BCUT2D eigenvalue weighted by Gasteiger charge is 2.21. The van der Waals surface area contributed by atoms with Crippen LogP contribution >= 0.6 is 11.6 Å². The SMILES string of the molecule is CCC(NC(=O)c1ccc(Cl)c(S(=O)(=O)Nc2ccc(C)cc2)c1)c1ccccc1. The van der Waals surface area contributed by atoms with E-state index < -0.39 is 10.0 Å². The number of sulfonamides is 1. The van der Waals surface area contributed by atoms with Gasteiger partial charge in [0.25, 0.3) is 15.9 Å². The second kappa shape index (κ2) is 9.32. The maximum Gasteiger partial charge on any atom is 0.263 e. The lowest BCUT2D eigenvalue weighted by Crippen LogP contribution is -2.28. The minimum Gasteiger partial charge on any atom is -0.345 e. The van der Waals surface area contributed by atoms with Gasteiger partial charge in [-0.05, 0) is 49.2 Å². The van der Waals surface area contributed by atoms with Crippen molar-refractivity contribution in [2.75, 3.05) is 4.72 Å². The number of rotatable bonds is 7. The minimum atomic E-state index is -3.96.